The number of carbonyl (C=O) groups excluding carboxylic acids is 2. The average molecular weight is 317 g/mol. The van der Waals surface area contributed by atoms with E-state index in [0.29, 0.717) is 19.6 Å². The highest BCUT2D eigenvalue weighted by Crippen LogP contribution is 2.19. The van der Waals surface area contributed by atoms with Crippen molar-refractivity contribution in [1.29, 1.82) is 0 Å². The van der Waals surface area contributed by atoms with Crippen molar-refractivity contribution in [3.05, 3.63) is 35.4 Å². The highest BCUT2D eigenvalue weighted by atomic mass is 16.5. The number of hydrogen-bond donors (Lipinski definition) is 0. The van der Waals surface area contributed by atoms with Crippen LogP contribution in [0, 0.1) is 12.8 Å². The van der Waals surface area contributed by atoms with Crippen LogP contribution in [-0.4, -0.2) is 36.5 Å². The van der Waals surface area contributed by atoms with Gasteiger partial charge in [-0.05, 0) is 50.7 Å². The second-order valence-corrected chi connectivity index (χ2v) is 6.21. The van der Waals surface area contributed by atoms with E-state index in [1.54, 1.807) is 0 Å². The Labute approximate surface area is 138 Å². The summed E-state index contributed by atoms with van der Waals surface area (Å²) in [4.78, 5) is 26.1. The van der Waals surface area contributed by atoms with Crippen molar-refractivity contribution in [3.8, 4) is 0 Å². The van der Waals surface area contributed by atoms with Gasteiger partial charge in [-0.3, -0.25) is 9.59 Å². The van der Waals surface area contributed by atoms with Crippen molar-refractivity contribution >= 4 is 11.9 Å². The monoisotopic (exact) mass is 317 g/mol. The maximum absolute atomic E-state index is 12.4. The van der Waals surface area contributed by atoms with Crippen molar-refractivity contribution in [1.82, 2.24) is 4.90 Å². The van der Waals surface area contributed by atoms with Gasteiger partial charge >= 0.3 is 5.97 Å². The zero-order valence-corrected chi connectivity index (χ0v) is 14.2. The van der Waals surface area contributed by atoms with Crippen LogP contribution in [-0.2, 0) is 20.7 Å². The minimum Gasteiger partial charge on any atom is -0.466 e. The number of piperidine rings is 1. The molecule has 1 fully saturated rings. The Morgan fingerprint density at radius 3 is 2.83 bits per heavy atom. The Balaban J connectivity index is 1.79. The lowest BCUT2D eigenvalue weighted by Crippen LogP contribution is -2.42. The Hall–Kier alpha value is -1.84. The van der Waals surface area contributed by atoms with E-state index < -0.39 is 0 Å². The van der Waals surface area contributed by atoms with Gasteiger partial charge in [-0.1, -0.05) is 24.3 Å². The fraction of sp³-hybridized carbons (Fsp3) is 0.579. The van der Waals surface area contributed by atoms with Gasteiger partial charge in [-0.2, -0.15) is 0 Å². The Kier molecular flexibility index (Phi) is 6.63. The zero-order valence-electron chi connectivity index (χ0n) is 14.2. The van der Waals surface area contributed by atoms with Gasteiger partial charge < -0.3 is 9.64 Å². The van der Waals surface area contributed by atoms with E-state index in [4.69, 9.17) is 4.74 Å². The normalized spacial score (nSPS) is 17.8. The third-order valence-corrected chi connectivity index (χ3v) is 4.49. The molecule has 4 heteroatoms. The molecule has 4 nitrogen and oxygen atoms in total. The minimum absolute atomic E-state index is 0.149. The minimum atomic E-state index is -0.162. The van der Waals surface area contributed by atoms with E-state index in [1.807, 2.05) is 24.0 Å². The summed E-state index contributed by atoms with van der Waals surface area (Å²) in [5, 5.41) is 0. The van der Waals surface area contributed by atoms with Crippen LogP contribution < -0.4 is 0 Å². The maximum atomic E-state index is 12.4. The molecule has 126 valence electrons. The summed E-state index contributed by atoms with van der Waals surface area (Å²) >= 11 is 0. The summed E-state index contributed by atoms with van der Waals surface area (Å²) in [5.41, 5.74) is 2.59. The molecule has 0 radical (unpaired) electrons. The molecule has 1 amide bonds. The Morgan fingerprint density at radius 1 is 1.30 bits per heavy atom. The van der Waals surface area contributed by atoms with Gasteiger partial charge in [0, 0.05) is 19.5 Å². The van der Waals surface area contributed by atoms with Gasteiger partial charge in [0.15, 0.2) is 0 Å². The summed E-state index contributed by atoms with van der Waals surface area (Å²) in [7, 11) is 0. The summed E-state index contributed by atoms with van der Waals surface area (Å²) in [6.45, 7) is 5.60. The Morgan fingerprint density at radius 2 is 2.09 bits per heavy atom. The molecule has 0 spiro atoms. The fourth-order valence-corrected chi connectivity index (χ4v) is 3.13. The van der Waals surface area contributed by atoms with E-state index >= 15 is 0 Å². The molecule has 2 rings (SSSR count). The molecule has 0 bridgehead atoms. The lowest BCUT2D eigenvalue weighted by atomic mass is 9.97. The summed E-state index contributed by atoms with van der Waals surface area (Å²) < 4.78 is 5.08. The van der Waals surface area contributed by atoms with E-state index in [1.165, 1.54) is 11.1 Å². The summed E-state index contributed by atoms with van der Waals surface area (Å²) in [6.07, 6.45) is 4.03. The van der Waals surface area contributed by atoms with Gasteiger partial charge in [0.25, 0.3) is 0 Å². The van der Waals surface area contributed by atoms with Gasteiger partial charge in [-0.15, -0.1) is 0 Å². The predicted molar refractivity (Wildman–Crippen MR) is 90.1 cm³/mol. The van der Waals surface area contributed by atoms with Gasteiger partial charge in [-0.25, -0.2) is 0 Å². The van der Waals surface area contributed by atoms with Crippen LogP contribution in [0.1, 0.15) is 43.7 Å². The van der Waals surface area contributed by atoms with Crippen LogP contribution in [0.4, 0.5) is 0 Å². The summed E-state index contributed by atoms with van der Waals surface area (Å²) in [5.74, 6) is -0.151. The molecular weight excluding hydrogens is 290 g/mol. The molecule has 1 aromatic rings. The predicted octanol–water partition coefficient (Wildman–Crippen LogP) is 3.12. The van der Waals surface area contributed by atoms with Crippen molar-refractivity contribution in [2.45, 2.75) is 46.0 Å². The first-order valence-corrected chi connectivity index (χ1v) is 8.60. The van der Waals surface area contributed by atoms with Gasteiger partial charge in [0.2, 0.25) is 5.91 Å². The largest absolute Gasteiger partial charge is 0.466 e. The third kappa shape index (κ3) is 5.08. The number of rotatable bonds is 6. The van der Waals surface area contributed by atoms with E-state index in [9.17, 15) is 9.59 Å². The van der Waals surface area contributed by atoms with Gasteiger partial charge in [0.1, 0.15) is 0 Å². The second kappa shape index (κ2) is 8.70. The lowest BCUT2D eigenvalue weighted by molar-refractivity contribution is -0.151. The molecule has 1 aromatic carbocycles. The topological polar surface area (TPSA) is 46.6 Å². The fourth-order valence-electron chi connectivity index (χ4n) is 3.13. The van der Waals surface area contributed by atoms with Crippen LogP contribution in [0.15, 0.2) is 24.3 Å². The van der Waals surface area contributed by atoms with E-state index in [2.05, 4.69) is 19.1 Å². The molecule has 1 unspecified atom stereocenters. The second-order valence-electron chi connectivity index (χ2n) is 6.21. The molecule has 1 heterocycles. The smallest absolute Gasteiger partial charge is 0.310 e. The molecule has 1 saturated heterocycles. The van der Waals surface area contributed by atoms with Crippen LogP contribution in [0.5, 0.6) is 0 Å². The first kappa shape index (κ1) is 17.5. The number of aryl methyl sites for hydroxylation is 2. The number of carbonyl (C=O) groups is 2. The lowest BCUT2D eigenvalue weighted by Gasteiger charge is -2.31. The SMILES string of the molecule is CCOC(=O)C1CCCN(C(=O)CCCc2ccccc2C)C1. The molecule has 0 saturated carbocycles. The van der Waals surface area contributed by atoms with Crippen molar-refractivity contribution in [2.75, 3.05) is 19.7 Å². The molecule has 0 aromatic heterocycles. The highest BCUT2D eigenvalue weighted by Gasteiger charge is 2.28. The molecule has 0 aliphatic carbocycles. The standard InChI is InChI=1S/C19H27NO3/c1-3-23-19(22)17-11-7-13-20(14-17)18(21)12-6-10-16-9-5-4-8-15(16)2/h4-5,8-9,17H,3,6-7,10-14H2,1-2H3. The van der Waals surface area contributed by atoms with Gasteiger partial charge in [0.05, 0.1) is 12.5 Å². The Bertz CT molecular complexity index is 541. The van der Waals surface area contributed by atoms with Crippen LogP contribution in [0.25, 0.3) is 0 Å². The molecular formula is C19H27NO3. The molecule has 23 heavy (non-hydrogen) atoms. The van der Waals surface area contributed by atoms with Crippen molar-refractivity contribution < 1.29 is 14.3 Å². The molecule has 1 atom stereocenters. The number of nitrogens with zero attached hydrogens (tertiary/aromatic N) is 1. The van der Waals surface area contributed by atoms with E-state index in [0.717, 1.165) is 32.2 Å². The van der Waals surface area contributed by atoms with Crippen molar-refractivity contribution in [3.63, 3.8) is 0 Å². The molecule has 0 N–H and O–H groups in total. The van der Waals surface area contributed by atoms with Crippen molar-refractivity contribution in [2.24, 2.45) is 5.92 Å². The molecule has 1 aliphatic rings. The number of benzene rings is 1. The van der Waals surface area contributed by atoms with Crippen LogP contribution >= 0.6 is 0 Å². The maximum Gasteiger partial charge on any atom is 0.310 e. The molecule has 1 aliphatic heterocycles. The van der Waals surface area contributed by atoms with Crippen LogP contribution in [0.3, 0.4) is 0 Å². The first-order valence-electron chi connectivity index (χ1n) is 8.60. The average Bonchev–Trinajstić information content (AvgIpc) is 2.57. The number of amides is 1. The highest BCUT2D eigenvalue weighted by molar-refractivity contribution is 5.78. The third-order valence-electron chi connectivity index (χ3n) is 4.49. The quantitative estimate of drug-likeness (QED) is 0.757. The number of hydrogen-bond acceptors (Lipinski definition) is 3. The number of esters is 1. The van der Waals surface area contributed by atoms with E-state index in [-0.39, 0.29) is 17.8 Å². The zero-order chi connectivity index (χ0) is 16.7. The van der Waals surface area contributed by atoms with Crippen LogP contribution in [0.2, 0.25) is 0 Å². The number of ether oxygens (including phenoxy) is 1. The number of likely N-dealkylation sites (tertiary alicyclic amines) is 1. The first-order chi connectivity index (χ1) is 11.1. The summed E-state index contributed by atoms with van der Waals surface area (Å²) in [6, 6.07) is 8.30.